The van der Waals surface area contributed by atoms with Gasteiger partial charge in [-0.05, 0) is 19.1 Å². The highest BCUT2D eigenvalue weighted by Gasteiger charge is 2.10. The number of nitrogens with zero attached hydrogens (tertiary/aromatic N) is 2. The molecule has 0 saturated heterocycles. The summed E-state index contributed by atoms with van der Waals surface area (Å²) in [4.78, 5) is 6.54. The Labute approximate surface area is 101 Å². The fourth-order valence-corrected chi connectivity index (χ4v) is 3.29. The van der Waals surface area contributed by atoms with E-state index in [1.807, 2.05) is 19.1 Å². The predicted octanol–water partition coefficient (Wildman–Crippen LogP) is 3.90. The van der Waals surface area contributed by atoms with Gasteiger partial charge in [-0.25, -0.2) is 4.98 Å². The summed E-state index contributed by atoms with van der Waals surface area (Å²) in [5, 5.41) is 9.59. The highest BCUT2D eigenvalue weighted by molar-refractivity contribution is 7.23. The van der Waals surface area contributed by atoms with E-state index < -0.39 is 0 Å². The fourth-order valence-electron chi connectivity index (χ4n) is 1.20. The SMILES string of the molecule is Cc1nc(-c2ccc(Cl)s2)sc1CC#N. The maximum Gasteiger partial charge on any atom is 0.133 e. The van der Waals surface area contributed by atoms with Crippen molar-refractivity contribution in [3.63, 3.8) is 0 Å². The van der Waals surface area contributed by atoms with Crippen LogP contribution < -0.4 is 0 Å². The third-order valence-electron chi connectivity index (χ3n) is 1.92. The smallest absolute Gasteiger partial charge is 0.133 e. The number of halogens is 1. The van der Waals surface area contributed by atoms with Gasteiger partial charge < -0.3 is 0 Å². The van der Waals surface area contributed by atoms with Crippen molar-refractivity contribution in [3.8, 4) is 16.0 Å². The number of hydrogen-bond donors (Lipinski definition) is 0. The Morgan fingerprint density at radius 3 is 2.87 bits per heavy atom. The molecule has 0 spiro atoms. The van der Waals surface area contributed by atoms with Crippen molar-refractivity contribution in [2.24, 2.45) is 0 Å². The molecule has 0 saturated carbocycles. The first-order valence-corrected chi connectivity index (χ1v) is 6.31. The second-order valence-electron chi connectivity index (χ2n) is 2.97. The lowest BCUT2D eigenvalue weighted by molar-refractivity contribution is 1.19. The standard InChI is InChI=1S/C10H7ClN2S2/c1-6-7(4-5-12)15-10(13-6)8-2-3-9(11)14-8/h2-3H,4H2,1H3. The topological polar surface area (TPSA) is 36.7 Å². The largest absolute Gasteiger partial charge is 0.240 e. The zero-order valence-corrected chi connectivity index (χ0v) is 10.3. The summed E-state index contributed by atoms with van der Waals surface area (Å²) in [5.74, 6) is 0. The molecule has 0 atom stereocenters. The minimum atomic E-state index is 0.433. The lowest BCUT2D eigenvalue weighted by Crippen LogP contribution is -1.79. The van der Waals surface area contributed by atoms with E-state index in [2.05, 4.69) is 11.1 Å². The van der Waals surface area contributed by atoms with Crippen molar-refractivity contribution in [1.29, 1.82) is 5.26 Å². The van der Waals surface area contributed by atoms with E-state index in [0.717, 1.165) is 24.8 Å². The van der Waals surface area contributed by atoms with Crippen LogP contribution in [0.25, 0.3) is 9.88 Å². The van der Waals surface area contributed by atoms with Crippen molar-refractivity contribution < 1.29 is 0 Å². The van der Waals surface area contributed by atoms with E-state index in [-0.39, 0.29) is 0 Å². The van der Waals surface area contributed by atoms with Gasteiger partial charge in [0.15, 0.2) is 0 Å². The lowest BCUT2D eigenvalue weighted by Gasteiger charge is -1.85. The number of thiophene rings is 1. The first kappa shape index (κ1) is 10.6. The molecule has 5 heteroatoms. The highest BCUT2D eigenvalue weighted by Crippen LogP contribution is 2.34. The average molecular weight is 255 g/mol. The van der Waals surface area contributed by atoms with Gasteiger partial charge in [-0.3, -0.25) is 0 Å². The number of aryl methyl sites for hydroxylation is 1. The van der Waals surface area contributed by atoms with Crippen molar-refractivity contribution in [1.82, 2.24) is 4.98 Å². The highest BCUT2D eigenvalue weighted by atomic mass is 35.5. The first-order chi connectivity index (χ1) is 7.20. The number of thiazole rings is 1. The number of nitriles is 1. The van der Waals surface area contributed by atoms with Crippen LogP contribution >= 0.6 is 34.3 Å². The first-order valence-electron chi connectivity index (χ1n) is 4.29. The van der Waals surface area contributed by atoms with Gasteiger partial charge in [0.05, 0.1) is 27.4 Å². The minimum absolute atomic E-state index is 0.433. The quantitative estimate of drug-likeness (QED) is 0.815. The van der Waals surface area contributed by atoms with E-state index >= 15 is 0 Å². The van der Waals surface area contributed by atoms with Gasteiger partial charge in [-0.2, -0.15) is 5.26 Å². The van der Waals surface area contributed by atoms with Crippen LogP contribution in [0.2, 0.25) is 4.34 Å². The van der Waals surface area contributed by atoms with Crippen molar-refractivity contribution >= 4 is 34.3 Å². The molecule has 0 aliphatic carbocycles. The lowest BCUT2D eigenvalue weighted by atomic mass is 10.3. The van der Waals surface area contributed by atoms with E-state index in [9.17, 15) is 0 Å². The summed E-state index contributed by atoms with van der Waals surface area (Å²) in [7, 11) is 0. The van der Waals surface area contributed by atoms with Gasteiger partial charge in [0, 0.05) is 4.88 Å². The monoisotopic (exact) mass is 254 g/mol. The van der Waals surface area contributed by atoms with Gasteiger partial charge in [0.25, 0.3) is 0 Å². The molecule has 0 aliphatic rings. The molecule has 76 valence electrons. The van der Waals surface area contributed by atoms with E-state index in [1.165, 1.54) is 11.3 Å². The molecule has 2 heterocycles. The second kappa shape index (κ2) is 4.31. The molecular weight excluding hydrogens is 248 g/mol. The van der Waals surface area contributed by atoms with Crippen LogP contribution in [0.15, 0.2) is 12.1 Å². The van der Waals surface area contributed by atoms with Crippen LogP contribution in [-0.4, -0.2) is 4.98 Å². The Balaban J connectivity index is 2.38. The molecule has 0 fully saturated rings. The van der Waals surface area contributed by atoms with Crippen molar-refractivity contribution in [3.05, 3.63) is 27.0 Å². The van der Waals surface area contributed by atoms with Crippen LogP contribution in [0.3, 0.4) is 0 Å². The predicted molar refractivity (Wildman–Crippen MR) is 64.5 cm³/mol. The normalized spacial score (nSPS) is 10.2. The number of hydrogen-bond acceptors (Lipinski definition) is 4. The Morgan fingerprint density at radius 2 is 2.27 bits per heavy atom. The molecule has 15 heavy (non-hydrogen) atoms. The van der Waals surface area contributed by atoms with Gasteiger partial charge in [-0.15, -0.1) is 22.7 Å². The van der Waals surface area contributed by atoms with E-state index in [0.29, 0.717) is 6.42 Å². The molecule has 2 aromatic heterocycles. The molecule has 0 bridgehead atoms. The summed E-state index contributed by atoms with van der Waals surface area (Å²) in [6.07, 6.45) is 0.433. The summed E-state index contributed by atoms with van der Waals surface area (Å²) in [6.45, 7) is 1.93. The molecule has 0 amide bonds. The van der Waals surface area contributed by atoms with E-state index in [1.54, 1.807) is 11.3 Å². The molecule has 0 N–H and O–H groups in total. The number of rotatable bonds is 2. The molecular formula is C10H7ClN2S2. The van der Waals surface area contributed by atoms with Crippen LogP contribution in [0.5, 0.6) is 0 Å². The van der Waals surface area contributed by atoms with Crippen LogP contribution in [0, 0.1) is 18.3 Å². The van der Waals surface area contributed by atoms with Gasteiger partial charge in [0.1, 0.15) is 5.01 Å². The molecule has 2 rings (SSSR count). The fraction of sp³-hybridized carbons (Fsp3) is 0.200. The Morgan fingerprint density at radius 1 is 1.47 bits per heavy atom. The zero-order chi connectivity index (χ0) is 10.8. The average Bonchev–Trinajstić information content (AvgIpc) is 2.75. The Bertz CT molecular complexity index is 522. The van der Waals surface area contributed by atoms with Gasteiger partial charge >= 0.3 is 0 Å². The van der Waals surface area contributed by atoms with Gasteiger partial charge in [-0.1, -0.05) is 11.6 Å². The maximum atomic E-state index is 8.64. The minimum Gasteiger partial charge on any atom is -0.240 e. The molecule has 0 unspecified atom stereocenters. The van der Waals surface area contributed by atoms with E-state index in [4.69, 9.17) is 16.9 Å². The summed E-state index contributed by atoms with van der Waals surface area (Å²) >= 11 is 8.94. The number of aromatic nitrogens is 1. The third-order valence-corrected chi connectivity index (χ3v) is 4.47. The summed E-state index contributed by atoms with van der Waals surface area (Å²) in [5.41, 5.74) is 0.945. The summed E-state index contributed by atoms with van der Waals surface area (Å²) in [6, 6.07) is 5.97. The van der Waals surface area contributed by atoms with Crippen molar-refractivity contribution in [2.75, 3.05) is 0 Å². The van der Waals surface area contributed by atoms with Gasteiger partial charge in [0.2, 0.25) is 0 Å². The molecule has 2 nitrogen and oxygen atoms in total. The molecule has 2 aromatic rings. The van der Waals surface area contributed by atoms with Crippen LogP contribution in [0.4, 0.5) is 0 Å². The summed E-state index contributed by atoms with van der Waals surface area (Å²) < 4.78 is 0.764. The molecule has 0 aliphatic heterocycles. The third kappa shape index (κ3) is 2.20. The Kier molecular flexibility index (Phi) is 3.06. The molecule has 0 radical (unpaired) electrons. The van der Waals surface area contributed by atoms with Crippen LogP contribution in [-0.2, 0) is 6.42 Å². The van der Waals surface area contributed by atoms with Crippen LogP contribution in [0.1, 0.15) is 10.6 Å². The molecule has 0 aromatic carbocycles. The maximum absolute atomic E-state index is 8.64. The Hall–Kier alpha value is -0.890. The zero-order valence-electron chi connectivity index (χ0n) is 7.95. The second-order valence-corrected chi connectivity index (χ2v) is 5.76. The van der Waals surface area contributed by atoms with Crippen molar-refractivity contribution in [2.45, 2.75) is 13.3 Å².